The fourth-order valence-electron chi connectivity index (χ4n) is 2.36. The predicted molar refractivity (Wildman–Crippen MR) is 76.6 cm³/mol. The van der Waals surface area contributed by atoms with Gasteiger partial charge in [0.25, 0.3) is 5.69 Å². The van der Waals surface area contributed by atoms with Crippen LogP contribution in [0.3, 0.4) is 0 Å². The number of oxazole rings is 1. The Hall–Kier alpha value is -2.21. The highest BCUT2D eigenvalue weighted by Crippen LogP contribution is 2.30. The van der Waals surface area contributed by atoms with Crippen molar-refractivity contribution in [2.45, 2.75) is 38.9 Å². The topological polar surface area (TPSA) is 72.4 Å². The van der Waals surface area contributed by atoms with Gasteiger partial charge in [0.1, 0.15) is 5.76 Å². The smallest absolute Gasteiger partial charge is 0.269 e. The first-order chi connectivity index (χ1) is 10.1. The molecule has 0 amide bonds. The van der Waals surface area contributed by atoms with Crippen molar-refractivity contribution in [1.82, 2.24) is 9.88 Å². The van der Waals surface area contributed by atoms with E-state index in [9.17, 15) is 10.1 Å². The maximum atomic E-state index is 10.7. The lowest BCUT2D eigenvalue weighted by Crippen LogP contribution is -2.25. The van der Waals surface area contributed by atoms with Gasteiger partial charge in [-0.1, -0.05) is 12.1 Å². The number of nitro benzene ring substituents is 1. The first-order valence-corrected chi connectivity index (χ1v) is 7.00. The molecule has 6 heteroatoms. The Kier molecular flexibility index (Phi) is 3.70. The van der Waals surface area contributed by atoms with Crippen molar-refractivity contribution in [3.8, 4) is 0 Å². The van der Waals surface area contributed by atoms with E-state index in [1.807, 2.05) is 19.1 Å². The van der Waals surface area contributed by atoms with E-state index in [0.717, 1.165) is 23.8 Å². The molecule has 0 atom stereocenters. The molecule has 0 saturated heterocycles. The van der Waals surface area contributed by atoms with Gasteiger partial charge < -0.3 is 4.42 Å². The van der Waals surface area contributed by atoms with Gasteiger partial charge in [0.15, 0.2) is 0 Å². The van der Waals surface area contributed by atoms with Crippen LogP contribution in [0.4, 0.5) is 5.69 Å². The van der Waals surface area contributed by atoms with Crippen LogP contribution in [0.5, 0.6) is 0 Å². The van der Waals surface area contributed by atoms with Crippen LogP contribution in [-0.2, 0) is 13.1 Å². The summed E-state index contributed by atoms with van der Waals surface area (Å²) in [5.74, 6) is 1.54. The van der Waals surface area contributed by atoms with E-state index in [-0.39, 0.29) is 10.6 Å². The molecule has 0 aliphatic heterocycles. The van der Waals surface area contributed by atoms with Crippen LogP contribution in [-0.4, -0.2) is 20.8 Å². The molecule has 2 aromatic rings. The van der Waals surface area contributed by atoms with Gasteiger partial charge in [0.05, 0.1) is 17.7 Å². The molecular weight excluding hydrogens is 270 g/mol. The summed E-state index contributed by atoms with van der Waals surface area (Å²) >= 11 is 0. The fraction of sp³-hybridized carbons (Fsp3) is 0.400. The summed E-state index contributed by atoms with van der Waals surface area (Å²) in [4.78, 5) is 16.9. The molecule has 1 heterocycles. The molecular formula is C15H17N3O3. The SMILES string of the molecule is Cc1cnc(CN(Cc2ccc([N+](=O)[O-])cc2)C2CC2)o1. The first-order valence-electron chi connectivity index (χ1n) is 7.00. The number of aryl methyl sites for hydroxylation is 1. The average molecular weight is 287 g/mol. The molecule has 0 bridgehead atoms. The number of rotatable bonds is 6. The number of hydrogen-bond acceptors (Lipinski definition) is 5. The van der Waals surface area contributed by atoms with E-state index in [0.29, 0.717) is 12.6 Å². The maximum absolute atomic E-state index is 10.7. The van der Waals surface area contributed by atoms with Crippen LogP contribution >= 0.6 is 0 Å². The highest BCUT2D eigenvalue weighted by Gasteiger charge is 2.30. The van der Waals surface area contributed by atoms with Crippen LogP contribution in [0, 0.1) is 17.0 Å². The molecule has 1 aliphatic rings. The largest absolute Gasteiger partial charge is 0.445 e. The average Bonchev–Trinajstić information content (AvgIpc) is 3.23. The quantitative estimate of drug-likeness (QED) is 0.603. The van der Waals surface area contributed by atoms with E-state index < -0.39 is 0 Å². The van der Waals surface area contributed by atoms with E-state index in [2.05, 4.69) is 9.88 Å². The molecule has 1 aromatic heterocycles. The van der Waals surface area contributed by atoms with Crippen LogP contribution < -0.4 is 0 Å². The van der Waals surface area contributed by atoms with Crippen molar-refractivity contribution < 1.29 is 9.34 Å². The molecule has 1 aromatic carbocycles. The minimum Gasteiger partial charge on any atom is -0.445 e. The van der Waals surface area contributed by atoms with Gasteiger partial charge in [-0.3, -0.25) is 15.0 Å². The van der Waals surface area contributed by atoms with Gasteiger partial charge in [-0.05, 0) is 25.3 Å². The molecule has 1 saturated carbocycles. The molecule has 0 radical (unpaired) electrons. The Balaban J connectivity index is 1.68. The molecule has 110 valence electrons. The zero-order chi connectivity index (χ0) is 14.8. The Labute approximate surface area is 122 Å². The zero-order valence-corrected chi connectivity index (χ0v) is 11.9. The fourth-order valence-corrected chi connectivity index (χ4v) is 2.36. The van der Waals surface area contributed by atoms with Gasteiger partial charge in [-0.25, -0.2) is 4.98 Å². The second-order valence-corrected chi connectivity index (χ2v) is 5.42. The summed E-state index contributed by atoms with van der Waals surface area (Å²) in [7, 11) is 0. The van der Waals surface area contributed by atoms with Crippen molar-refractivity contribution in [3.63, 3.8) is 0 Å². The van der Waals surface area contributed by atoms with Crippen molar-refractivity contribution >= 4 is 5.69 Å². The standard InChI is InChI=1S/C15H17N3O3/c1-11-8-16-15(21-11)10-17(13-6-7-13)9-12-2-4-14(5-3-12)18(19)20/h2-5,8,13H,6-7,9-10H2,1H3. The highest BCUT2D eigenvalue weighted by molar-refractivity contribution is 5.32. The molecule has 6 nitrogen and oxygen atoms in total. The number of nitrogens with zero attached hydrogens (tertiary/aromatic N) is 3. The van der Waals surface area contributed by atoms with Gasteiger partial charge in [0.2, 0.25) is 5.89 Å². The molecule has 21 heavy (non-hydrogen) atoms. The zero-order valence-electron chi connectivity index (χ0n) is 11.9. The van der Waals surface area contributed by atoms with Gasteiger partial charge >= 0.3 is 0 Å². The molecule has 3 rings (SSSR count). The second-order valence-electron chi connectivity index (χ2n) is 5.42. The van der Waals surface area contributed by atoms with Gasteiger partial charge in [0, 0.05) is 24.7 Å². The summed E-state index contributed by atoms with van der Waals surface area (Å²) in [6.45, 7) is 3.31. The Morgan fingerprint density at radius 3 is 2.57 bits per heavy atom. The maximum Gasteiger partial charge on any atom is 0.269 e. The lowest BCUT2D eigenvalue weighted by molar-refractivity contribution is -0.384. The lowest BCUT2D eigenvalue weighted by Gasteiger charge is -2.20. The van der Waals surface area contributed by atoms with Crippen molar-refractivity contribution in [1.29, 1.82) is 0 Å². The molecule has 0 unspecified atom stereocenters. The number of benzene rings is 1. The summed E-state index contributed by atoms with van der Waals surface area (Å²) in [6.07, 6.45) is 4.10. The number of aromatic nitrogens is 1. The summed E-state index contributed by atoms with van der Waals surface area (Å²) in [5.41, 5.74) is 1.19. The monoisotopic (exact) mass is 287 g/mol. The Morgan fingerprint density at radius 1 is 1.33 bits per heavy atom. The predicted octanol–water partition coefficient (Wildman–Crippen LogP) is 3.06. The Morgan fingerprint density at radius 2 is 2.05 bits per heavy atom. The molecule has 1 aliphatic carbocycles. The van der Waals surface area contributed by atoms with E-state index in [1.165, 1.54) is 12.8 Å². The normalized spacial score (nSPS) is 14.6. The number of non-ortho nitro benzene ring substituents is 1. The van der Waals surface area contributed by atoms with E-state index >= 15 is 0 Å². The third kappa shape index (κ3) is 3.46. The van der Waals surface area contributed by atoms with Crippen molar-refractivity contribution in [2.24, 2.45) is 0 Å². The van der Waals surface area contributed by atoms with Crippen LogP contribution in [0.15, 0.2) is 34.9 Å². The van der Waals surface area contributed by atoms with Crippen LogP contribution in [0.2, 0.25) is 0 Å². The van der Waals surface area contributed by atoms with Gasteiger partial charge in [-0.15, -0.1) is 0 Å². The summed E-state index contributed by atoms with van der Waals surface area (Å²) in [6, 6.07) is 7.29. The highest BCUT2D eigenvalue weighted by atomic mass is 16.6. The van der Waals surface area contributed by atoms with Crippen LogP contribution in [0.25, 0.3) is 0 Å². The molecule has 1 fully saturated rings. The number of nitro groups is 1. The van der Waals surface area contributed by atoms with Crippen molar-refractivity contribution in [2.75, 3.05) is 0 Å². The summed E-state index contributed by atoms with van der Waals surface area (Å²) in [5, 5.41) is 10.7. The lowest BCUT2D eigenvalue weighted by atomic mass is 10.2. The van der Waals surface area contributed by atoms with Gasteiger partial charge in [-0.2, -0.15) is 0 Å². The Bertz CT molecular complexity index is 632. The third-order valence-corrected chi connectivity index (χ3v) is 3.60. The number of hydrogen-bond donors (Lipinski definition) is 0. The van der Waals surface area contributed by atoms with Crippen molar-refractivity contribution in [3.05, 3.63) is 57.8 Å². The minimum atomic E-state index is -0.377. The summed E-state index contributed by atoms with van der Waals surface area (Å²) < 4.78 is 5.54. The van der Waals surface area contributed by atoms with E-state index in [1.54, 1.807) is 18.3 Å². The van der Waals surface area contributed by atoms with E-state index in [4.69, 9.17) is 4.42 Å². The first kappa shape index (κ1) is 13.8. The minimum absolute atomic E-state index is 0.125. The molecule has 0 spiro atoms. The third-order valence-electron chi connectivity index (χ3n) is 3.60. The second kappa shape index (κ2) is 5.65. The molecule has 0 N–H and O–H groups in total. The van der Waals surface area contributed by atoms with Crippen LogP contribution in [0.1, 0.15) is 30.1 Å².